The largest absolute Gasteiger partial charge is 0.408 e. The molecule has 0 saturated heterocycles. The van der Waals surface area contributed by atoms with Crippen molar-refractivity contribution in [3.8, 4) is 11.6 Å². The van der Waals surface area contributed by atoms with Gasteiger partial charge in [-0.15, -0.1) is 0 Å². The summed E-state index contributed by atoms with van der Waals surface area (Å²) in [6.07, 6.45) is -1.21. The average Bonchev–Trinajstić information content (AvgIpc) is 3.77. The molecular weight excluding hydrogens is 825 g/mol. The van der Waals surface area contributed by atoms with Gasteiger partial charge in [-0.05, 0) is 70.4 Å². The van der Waals surface area contributed by atoms with Crippen LogP contribution >= 0.6 is 0 Å². The SMILES string of the molecule is COCO[C@@H](Cn1c(=O)c(-c2nc(CO[Si](C(C)C)(C(C)C)C(C)C)no2)nc2cc(C)c(C)cc21)[C@H](C)[C@@H](COC(c1ccccc1)(c1ccccc1)c1ccccc1)OCOC. The minimum Gasteiger partial charge on any atom is -0.408 e. The third-order valence-corrected chi connectivity index (χ3v) is 18.8. The van der Waals surface area contributed by atoms with E-state index < -0.39 is 31.7 Å². The van der Waals surface area contributed by atoms with Gasteiger partial charge in [0.1, 0.15) is 19.2 Å². The highest BCUT2D eigenvalue weighted by atomic mass is 28.4. The predicted octanol–water partition coefficient (Wildman–Crippen LogP) is 10.4. The third-order valence-electron chi connectivity index (χ3n) is 12.7. The molecule has 0 unspecified atom stereocenters. The molecule has 4 aromatic carbocycles. The van der Waals surface area contributed by atoms with Crippen LogP contribution in [-0.2, 0) is 46.9 Å². The molecule has 0 amide bonds. The summed E-state index contributed by atoms with van der Waals surface area (Å²) in [6.45, 7) is 19.9. The molecule has 0 radical (unpaired) electrons. The van der Waals surface area contributed by atoms with E-state index >= 15 is 0 Å². The van der Waals surface area contributed by atoms with Crippen LogP contribution in [0, 0.1) is 19.8 Å². The van der Waals surface area contributed by atoms with Crippen LogP contribution < -0.4 is 5.56 Å². The topological polar surface area (TPSA) is 129 Å². The summed E-state index contributed by atoms with van der Waals surface area (Å²) in [7, 11) is 0.930. The standard InChI is InChI=1S/C51H66N4O8Si/c1-34(2)64(35(3)4,36(5)6)62-31-47-53-49(63-54-47)48-50(56)55(44-28-38(8)37(7)27-43(44)52-48)29-45(59-32-57-10)39(9)46(60-33-58-11)30-61-51(40-21-15-12-16-22-40,41-23-17-13-18-24-41)42-25-19-14-20-26-42/h12-28,34-36,39,45-46H,29-33H2,1-11H3/t39-,45-,46+/m0/s1. The fourth-order valence-corrected chi connectivity index (χ4v) is 14.7. The van der Waals surface area contributed by atoms with Crippen LogP contribution in [0.4, 0.5) is 0 Å². The lowest BCUT2D eigenvalue weighted by Gasteiger charge is -2.41. The van der Waals surface area contributed by atoms with Gasteiger partial charge in [0.15, 0.2) is 11.5 Å². The summed E-state index contributed by atoms with van der Waals surface area (Å²) in [5.41, 5.74) is 5.93. The molecule has 0 aliphatic carbocycles. The molecule has 0 aliphatic rings. The van der Waals surface area contributed by atoms with Crippen molar-refractivity contribution < 1.29 is 32.6 Å². The van der Waals surface area contributed by atoms with E-state index in [1.165, 1.54) is 0 Å². The Morgan fingerprint density at radius 3 is 1.69 bits per heavy atom. The summed E-state index contributed by atoms with van der Waals surface area (Å²) in [5, 5.41) is 4.28. The molecular formula is C51H66N4O8Si. The van der Waals surface area contributed by atoms with Gasteiger partial charge in [0.2, 0.25) is 8.32 Å². The van der Waals surface area contributed by atoms with Crippen molar-refractivity contribution in [2.75, 3.05) is 34.4 Å². The van der Waals surface area contributed by atoms with Crippen LogP contribution in [0.15, 0.2) is 112 Å². The van der Waals surface area contributed by atoms with Crippen molar-refractivity contribution in [3.63, 3.8) is 0 Å². The number of hydrogen-bond donors (Lipinski definition) is 0. The number of hydrogen-bond acceptors (Lipinski definition) is 11. The van der Waals surface area contributed by atoms with Crippen molar-refractivity contribution in [2.45, 2.75) is 110 Å². The highest BCUT2D eigenvalue weighted by molar-refractivity contribution is 6.77. The molecule has 0 N–H and O–H groups in total. The van der Waals surface area contributed by atoms with E-state index in [4.69, 9.17) is 42.6 Å². The van der Waals surface area contributed by atoms with Crippen LogP contribution in [-0.4, -0.2) is 74.6 Å². The van der Waals surface area contributed by atoms with Crippen molar-refractivity contribution in [2.24, 2.45) is 5.92 Å². The maximum atomic E-state index is 14.9. The molecule has 0 spiro atoms. The number of nitrogens with zero attached hydrogens (tertiary/aromatic N) is 4. The number of ether oxygens (including phenoxy) is 5. The summed E-state index contributed by atoms with van der Waals surface area (Å²) in [5.74, 6) is 0.0156. The Labute approximate surface area is 379 Å². The minimum absolute atomic E-state index is 0.00343. The van der Waals surface area contributed by atoms with Gasteiger partial charge in [-0.2, -0.15) is 4.98 Å². The van der Waals surface area contributed by atoms with Gasteiger partial charge in [0.25, 0.3) is 11.4 Å². The first-order chi connectivity index (χ1) is 30.8. The van der Waals surface area contributed by atoms with Gasteiger partial charge >= 0.3 is 0 Å². The van der Waals surface area contributed by atoms with Gasteiger partial charge < -0.3 is 37.2 Å². The summed E-state index contributed by atoms with van der Waals surface area (Å²) < 4.78 is 45.5. The lowest BCUT2D eigenvalue weighted by atomic mass is 9.80. The predicted molar refractivity (Wildman–Crippen MR) is 252 cm³/mol. The second-order valence-corrected chi connectivity index (χ2v) is 23.1. The van der Waals surface area contributed by atoms with E-state index in [2.05, 4.69) is 83.1 Å². The smallest absolute Gasteiger partial charge is 0.282 e. The molecule has 13 heteroatoms. The van der Waals surface area contributed by atoms with Crippen molar-refractivity contribution >= 4 is 19.4 Å². The first-order valence-corrected chi connectivity index (χ1v) is 24.4. The molecule has 6 rings (SSSR count). The lowest BCUT2D eigenvalue weighted by molar-refractivity contribution is -0.166. The quantitative estimate of drug-likeness (QED) is 0.0346. The van der Waals surface area contributed by atoms with E-state index in [1.54, 1.807) is 18.8 Å². The molecule has 64 heavy (non-hydrogen) atoms. The Hall–Kier alpha value is -4.86. The van der Waals surface area contributed by atoms with Crippen LogP contribution in [0.2, 0.25) is 16.6 Å². The molecule has 0 bridgehead atoms. The Balaban J connectivity index is 1.39. The fourth-order valence-electron chi connectivity index (χ4n) is 9.34. The normalized spacial score (nSPS) is 13.9. The van der Waals surface area contributed by atoms with E-state index in [0.717, 1.165) is 27.8 Å². The van der Waals surface area contributed by atoms with Gasteiger partial charge in [0, 0.05) is 20.1 Å². The fraction of sp³-hybridized carbons (Fsp3) is 0.451. The zero-order chi connectivity index (χ0) is 46.0. The summed E-state index contributed by atoms with van der Waals surface area (Å²) >= 11 is 0. The molecule has 342 valence electrons. The zero-order valence-corrected chi connectivity index (χ0v) is 40.4. The number of methoxy groups -OCH3 is 2. The number of aryl methyl sites for hydroxylation is 2. The van der Waals surface area contributed by atoms with Crippen molar-refractivity contribution in [1.29, 1.82) is 0 Å². The van der Waals surface area contributed by atoms with Crippen molar-refractivity contribution in [3.05, 3.63) is 147 Å². The van der Waals surface area contributed by atoms with Crippen LogP contribution in [0.25, 0.3) is 22.6 Å². The number of fused-ring (bicyclic) bond motifs is 1. The van der Waals surface area contributed by atoms with Crippen molar-refractivity contribution in [1.82, 2.24) is 19.7 Å². The first kappa shape index (κ1) is 48.6. The molecule has 3 atom stereocenters. The Kier molecular flexibility index (Phi) is 16.6. The van der Waals surface area contributed by atoms with E-state index in [0.29, 0.717) is 33.5 Å². The van der Waals surface area contributed by atoms with E-state index in [1.807, 2.05) is 87.5 Å². The highest BCUT2D eigenvalue weighted by Gasteiger charge is 2.45. The van der Waals surface area contributed by atoms with Gasteiger partial charge in [0.05, 0.1) is 43.0 Å². The zero-order valence-electron chi connectivity index (χ0n) is 39.4. The molecule has 12 nitrogen and oxygen atoms in total. The number of aromatic nitrogens is 4. The monoisotopic (exact) mass is 890 g/mol. The van der Waals surface area contributed by atoms with Crippen LogP contribution in [0.3, 0.4) is 0 Å². The van der Waals surface area contributed by atoms with Gasteiger partial charge in [-0.1, -0.05) is 145 Å². The first-order valence-electron chi connectivity index (χ1n) is 22.3. The maximum absolute atomic E-state index is 14.9. The number of rotatable bonds is 23. The molecule has 0 fully saturated rings. The van der Waals surface area contributed by atoms with E-state index in [9.17, 15) is 4.79 Å². The lowest BCUT2D eigenvalue weighted by Crippen LogP contribution is -2.47. The summed E-state index contributed by atoms with van der Waals surface area (Å²) in [4.78, 5) is 24.4. The molecule has 0 aliphatic heterocycles. The third kappa shape index (κ3) is 10.3. The Morgan fingerprint density at radius 2 is 1.19 bits per heavy atom. The van der Waals surface area contributed by atoms with Crippen LogP contribution in [0.1, 0.15) is 82.1 Å². The minimum atomic E-state index is -2.23. The molecule has 2 aromatic heterocycles. The summed E-state index contributed by atoms with van der Waals surface area (Å²) in [6, 6.07) is 34.6. The highest BCUT2D eigenvalue weighted by Crippen LogP contribution is 2.43. The molecule has 6 aromatic rings. The Morgan fingerprint density at radius 1 is 0.688 bits per heavy atom. The second kappa shape index (κ2) is 21.9. The molecule has 0 saturated carbocycles. The Bertz CT molecular complexity index is 2320. The average molecular weight is 891 g/mol. The van der Waals surface area contributed by atoms with Crippen LogP contribution in [0.5, 0.6) is 0 Å². The second-order valence-electron chi connectivity index (χ2n) is 17.6. The number of benzene rings is 4. The van der Waals surface area contributed by atoms with E-state index in [-0.39, 0.29) is 50.8 Å². The van der Waals surface area contributed by atoms with Gasteiger partial charge in [-0.3, -0.25) is 4.79 Å². The van der Waals surface area contributed by atoms with Gasteiger partial charge in [-0.25, -0.2) is 4.98 Å². The molecule has 2 heterocycles. The maximum Gasteiger partial charge on any atom is 0.282 e.